The van der Waals surface area contributed by atoms with Crippen molar-refractivity contribution in [3.8, 4) is 0 Å². The molecule has 0 radical (unpaired) electrons. The van der Waals surface area contributed by atoms with E-state index in [-0.39, 0.29) is 11.8 Å². The number of imidazole rings is 1. The molecule has 27 heavy (non-hydrogen) atoms. The van der Waals surface area contributed by atoms with Crippen molar-refractivity contribution in [3.05, 3.63) is 46.5 Å². The van der Waals surface area contributed by atoms with Crippen molar-refractivity contribution in [3.63, 3.8) is 0 Å². The molecule has 6 nitrogen and oxygen atoms in total. The number of nitrogens with zero attached hydrogens (tertiary/aromatic N) is 3. The highest BCUT2D eigenvalue weighted by Crippen LogP contribution is 2.24. The standard InChI is InChI=1S/C20H23ClN4O2/c21-14-7-9-15(10-8-14)22-19(26)17-16-6-2-5-13-25(16)18(23-17)20(27)24-11-3-1-4-12-24/h7-10H,1-6,11-13H2,(H,22,26). The molecule has 1 aromatic heterocycles. The molecule has 0 unspecified atom stereocenters. The Morgan fingerprint density at radius 3 is 2.41 bits per heavy atom. The molecule has 0 atom stereocenters. The van der Waals surface area contributed by atoms with E-state index < -0.39 is 0 Å². The summed E-state index contributed by atoms with van der Waals surface area (Å²) in [5.41, 5.74) is 1.89. The zero-order chi connectivity index (χ0) is 18.8. The average Bonchev–Trinajstić information content (AvgIpc) is 3.10. The Labute approximate surface area is 163 Å². The number of rotatable bonds is 3. The van der Waals surface area contributed by atoms with Gasteiger partial charge in [-0.15, -0.1) is 0 Å². The lowest BCUT2D eigenvalue weighted by molar-refractivity contribution is 0.0705. The quantitative estimate of drug-likeness (QED) is 0.873. The monoisotopic (exact) mass is 386 g/mol. The van der Waals surface area contributed by atoms with Gasteiger partial charge in [0.1, 0.15) is 0 Å². The average molecular weight is 387 g/mol. The molecule has 2 amide bonds. The molecule has 1 fully saturated rings. The van der Waals surface area contributed by atoms with Gasteiger partial charge in [0, 0.05) is 30.3 Å². The number of likely N-dealkylation sites (tertiary alicyclic amines) is 1. The molecule has 0 spiro atoms. The number of carbonyl (C=O) groups is 2. The van der Waals surface area contributed by atoms with E-state index >= 15 is 0 Å². The molecule has 2 aliphatic heterocycles. The van der Waals surface area contributed by atoms with Gasteiger partial charge in [-0.05, 0) is 62.8 Å². The second-order valence-corrected chi connectivity index (χ2v) is 7.59. The maximum atomic E-state index is 13.0. The van der Waals surface area contributed by atoms with Gasteiger partial charge in [0.2, 0.25) is 0 Å². The van der Waals surface area contributed by atoms with Crippen LogP contribution < -0.4 is 5.32 Å². The minimum absolute atomic E-state index is 0.0524. The van der Waals surface area contributed by atoms with Gasteiger partial charge in [0.15, 0.2) is 11.5 Å². The first kappa shape index (κ1) is 18.0. The lowest BCUT2D eigenvalue weighted by Gasteiger charge is -2.27. The predicted molar refractivity (Wildman–Crippen MR) is 104 cm³/mol. The number of hydrogen-bond acceptors (Lipinski definition) is 3. The number of benzene rings is 1. The summed E-state index contributed by atoms with van der Waals surface area (Å²) in [5.74, 6) is 0.0805. The van der Waals surface area contributed by atoms with Crippen molar-refractivity contribution in [2.75, 3.05) is 18.4 Å². The van der Waals surface area contributed by atoms with Gasteiger partial charge in [0.25, 0.3) is 11.8 Å². The summed E-state index contributed by atoms with van der Waals surface area (Å²) in [5, 5.41) is 3.48. The topological polar surface area (TPSA) is 67.2 Å². The van der Waals surface area contributed by atoms with Gasteiger partial charge < -0.3 is 14.8 Å². The number of piperidine rings is 1. The minimum atomic E-state index is -0.277. The summed E-state index contributed by atoms with van der Waals surface area (Å²) in [7, 11) is 0. The summed E-state index contributed by atoms with van der Waals surface area (Å²) in [4.78, 5) is 32.2. The maximum Gasteiger partial charge on any atom is 0.289 e. The van der Waals surface area contributed by atoms with Crippen molar-refractivity contribution in [1.82, 2.24) is 14.5 Å². The molecule has 1 saturated heterocycles. The fourth-order valence-corrected chi connectivity index (χ4v) is 3.98. The highest BCUT2D eigenvalue weighted by molar-refractivity contribution is 6.30. The van der Waals surface area contributed by atoms with Crippen LogP contribution >= 0.6 is 11.6 Å². The molecule has 3 heterocycles. The van der Waals surface area contributed by atoms with Crippen LogP contribution in [0.25, 0.3) is 0 Å². The fraction of sp³-hybridized carbons (Fsp3) is 0.450. The normalized spacial score (nSPS) is 16.7. The molecule has 7 heteroatoms. The van der Waals surface area contributed by atoms with Gasteiger partial charge in [-0.3, -0.25) is 9.59 Å². The molecule has 1 N–H and O–H groups in total. The van der Waals surface area contributed by atoms with E-state index in [1.807, 2.05) is 9.47 Å². The molecule has 0 aliphatic carbocycles. The number of fused-ring (bicyclic) bond motifs is 1. The van der Waals surface area contributed by atoms with E-state index in [0.29, 0.717) is 22.2 Å². The van der Waals surface area contributed by atoms with E-state index in [1.165, 1.54) is 0 Å². The van der Waals surface area contributed by atoms with E-state index in [9.17, 15) is 9.59 Å². The van der Waals surface area contributed by atoms with Crippen LogP contribution in [0, 0.1) is 0 Å². The lowest BCUT2D eigenvalue weighted by atomic mass is 10.1. The molecule has 2 aromatic rings. The van der Waals surface area contributed by atoms with Gasteiger partial charge in [-0.1, -0.05) is 11.6 Å². The summed E-state index contributed by atoms with van der Waals surface area (Å²) in [6, 6.07) is 6.96. The zero-order valence-electron chi connectivity index (χ0n) is 15.2. The van der Waals surface area contributed by atoms with Crippen LogP contribution in [-0.2, 0) is 13.0 Å². The Kier molecular flexibility index (Phi) is 5.16. The third-order valence-electron chi connectivity index (χ3n) is 5.27. The lowest BCUT2D eigenvalue weighted by Crippen LogP contribution is -2.37. The van der Waals surface area contributed by atoms with Crippen LogP contribution in [0.2, 0.25) is 5.02 Å². The van der Waals surface area contributed by atoms with Crippen molar-refractivity contribution < 1.29 is 9.59 Å². The predicted octanol–water partition coefficient (Wildman–Crippen LogP) is 3.75. The van der Waals surface area contributed by atoms with E-state index in [4.69, 9.17) is 11.6 Å². The molecule has 0 saturated carbocycles. The van der Waals surface area contributed by atoms with Crippen molar-refractivity contribution in [2.45, 2.75) is 45.1 Å². The number of hydrogen-bond donors (Lipinski definition) is 1. The molecular formula is C20H23ClN4O2. The van der Waals surface area contributed by atoms with Crippen LogP contribution in [-0.4, -0.2) is 39.4 Å². The van der Waals surface area contributed by atoms with Crippen LogP contribution in [0.5, 0.6) is 0 Å². The first-order valence-corrected chi connectivity index (χ1v) is 9.97. The highest BCUT2D eigenvalue weighted by Gasteiger charge is 2.30. The molecule has 142 valence electrons. The van der Waals surface area contributed by atoms with Crippen molar-refractivity contribution in [2.24, 2.45) is 0 Å². The number of aromatic nitrogens is 2. The molecule has 1 aromatic carbocycles. The molecule has 2 aliphatic rings. The Bertz CT molecular complexity index is 854. The number of nitrogens with one attached hydrogen (secondary N) is 1. The zero-order valence-corrected chi connectivity index (χ0v) is 16.0. The summed E-state index contributed by atoms with van der Waals surface area (Å²) >= 11 is 5.90. The number of amides is 2. The number of anilines is 1. The fourth-order valence-electron chi connectivity index (χ4n) is 3.85. The third kappa shape index (κ3) is 3.72. The van der Waals surface area contributed by atoms with Crippen LogP contribution in [0.1, 0.15) is 58.9 Å². The van der Waals surface area contributed by atoms with Crippen LogP contribution in [0.4, 0.5) is 5.69 Å². The molecular weight excluding hydrogens is 364 g/mol. The third-order valence-corrected chi connectivity index (χ3v) is 5.52. The Morgan fingerprint density at radius 1 is 0.963 bits per heavy atom. The largest absolute Gasteiger partial charge is 0.336 e. The van der Waals surface area contributed by atoms with Crippen molar-refractivity contribution >= 4 is 29.1 Å². The smallest absolute Gasteiger partial charge is 0.289 e. The van der Waals surface area contributed by atoms with E-state index in [0.717, 1.165) is 63.9 Å². The van der Waals surface area contributed by atoms with Crippen LogP contribution in [0.15, 0.2) is 24.3 Å². The summed E-state index contributed by atoms with van der Waals surface area (Å²) < 4.78 is 1.96. The molecule has 4 rings (SSSR count). The Balaban J connectivity index is 1.62. The Morgan fingerprint density at radius 2 is 1.67 bits per heavy atom. The number of halogens is 1. The summed E-state index contributed by atoms with van der Waals surface area (Å²) in [6.45, 7) is 2.28. The second kappa shape index (κ2) is 7.72. The van der Waals surface area contributed by atoms with Gasteiger partial charge in [0.05, 0.1) is 5.69 Å². The van der Waals surface area contributed by atoms with E-state index in [1.54, 1.807) is 24.3 Å². The molecule has 0 bridgehead atoms. The van der Waals surface area contributed by atoms with Gasteiger partial charge in [-0.2, -0.15) is 0 Å². The SMILES string of the molecule is O=C(Nc1ccc(Cl)cc1)c1nc(C(=O)N2CCCCC2)n2c1CCCC2. The first-order valence-electron chi connectivity index (χ1n) is 9.59. The summed E-state index contributed by atoms with van der Waals surface area (Å²) in [6.07, 6.45) is 6.00. The highest BCUT2D eigenvalue weighted by atomic mass is 35.5. The van der Waals surface area contributed by atoms with Gasteiger partial charge in [-0.25, -0.2) is 4.98 Å². The maximum absolute atomic E-state index is 13.0. The second-order valence-electron chi connectivity index (χ2n) is 7.15. The Hall–Kier alpha value is -2.34. The van der Waals surface area contributed by atoms with Crippen LogP contribution in [0.3, 0.4) is 0 Å². The first-order chi connectivity index (χ1) is 13.1. The minimum Gasteiger partial charge on any atom is -0.336 e. The van der Waals surface area contributed by atoms with Crippen molar-refractivity contribution in [1.29, 1.82) is 0 Å². The van der Waals surface area contributed by atoms with Gasteiger partial charge >= 0.3 is 0 Å². The number of carbonyl (C=O) groups excluding carboxylic acids is 2. The van der Waals surface area contributed by atoms with E-state index in [2.05, 4.69) is 10.3 Å².